The number of alkyl carbamates (subject to hydrolysis) is 1. The minimum atomic E-state index is -0.508. The number of fused-ring (bicyclic) bond motifs is 3. The van der Waals surface area contributed by atoms with Gasteiger partial charge in [0.25, 0.3) is 0 Å². The maximum Gasteiger partial charge on any atom is 0.407 e. The second kappa shape index (κ2) is 9.47. The van der Waals surface area contributed by atoms with Crippen LogP contribution in [-0.2, 0) is 17.7 Å². The number of benzene rings is 1. The van der Waals surface area contributed by atoms with Gasteiger partial charge < -0.3 is 14.6 Å². The lowest BCUT2D eigenvalue weighted by Crippen LogP contribution is -2.32. The number of halogens is 1. The first-order chi connectivity index (χ1) is 14.3. The van der Waals surface area contributed by atoms with Crippen molar-refractivity contribution in [2.75, 3.05) is 6.54 Å². The summed E-state index contributed by atoms with van der Waals surface area (Å²) in [6.45, 7) is 8.72. The van der Waals surface area contributed by atoms with Gasteiger partial charge in [-0.3, -0.25) is 0 Å². The summed E-state index contributed by atoms with van der Waals surface area (Å²) >= 11 is 6.46. The van der Waals surface area contributed by atoms with Crippen LogP contribution in [0.1, 0.15) is 46.4 Å². The number of ether oxygens (including phenoxy) is 1. The predicted molar refractivity (Wildman–Crippen MR) is 122 cm³/mol. The highest BCUT2D eigenvalue weighted by Gasteiger charge is 2.17. The number of carbonyl (C=O) groups is 1. The van der Waals surface area contributed by atoms with Gasteiger partial charge in [0, 0.05) is 24.9 Å². The number of amides is 1. The summed E-state index contributed by atoms with van der Waals surface area (Å²) in [6.07, 6.45) is 6.54. The smallest absolute Gasteiger partial charge is 0.407 e. The highest BCUT2D eigenvalue weighted by Crippen LogP contribution is 2.30. The molecule has 2 heterocycles. The number of hydrogen-bond donors (Lipinski definition) is 1. The van der Waals surface area contributed by atoms with Crippen molar-refractivity contribution < 1.29 is 9.53 Å². The zero-order valence-electron chi connectivity index (χ0n) is 18.0. The number of carbonyl (C=O) groups excluding carboxylic acids is 1. The fraction of sp³-hybridized carbons (Fsp3) is 0.435. The van der Waals surface area contributed by atoms with Gasteiger partial charge in [-0.05, 0) is 33.3 Å². The van der Waals surface area contributed by atoms with E-state index in [1.807, 2.05) is 51.1 Å². The Morgan fingerprint density at radius 3 is 2.73 bits per heavy atom. The molecular weight excluding hydrogens is 400 g/mol. The fourth-order valence-electron chi connectivity index (χ4n) is 3.29. The Bertz CT molecular complexity index is 1070. The van der Waals surface area contributed by atoms with E-state index in [4.69, 9.17) is 21.3 Å². The van der Waals surface area contributed by atoms with Crippen molar-refractivity contribution in [2.24, 2.45) is 0 Å². The van der Waals surface area contributed by atoms with Crippen molar-refractivity contribution in [3.8, 4) is 0 Å². The van der Waals surface area contributed by atoms with Crippen LogP contribution in [0.25, 0.3) is 21.9 Å². The van der Waals surface area contributed by atoms with Crippen LogP contribution in [-0.4, -0.2) is 32.8 Å². The van der Waals surface area contributed by atoms with E-state index in [0.717, 1.165) is 47.0 Å². The molecule has 2 aromatic heterocycles. The van der Waals surface area contributed by atoms with Crippen LogP contribution in [0, 0.1) is 0 Å². The number of hydrogen-bond acceptors (Lipinski definition) is 4. The maximum absolute atomic E-state index is 11.8. The highest BCUT2D eigenvalue weighted by atomic mass is 35.5. The minimum absolute atomic E-state index is 0.398. The Balaban J connectivity index is 1.85. The number of nitrogens with one attached hydrogen (secondary N) is 1. The Kier molecular flexibility index (Phi) is 6.98. The summed E-state index contributed by atoms with van der Waals surface area (Å²) in [7, 11) is 0. The van der Waals surface area contributed by atoms with E-state index in [2.05, 4.69) is 27.9 Å². The van der Waals surface area contributed by atoms with Gasteiger partial charge >= 0.3 is 6.09 Å². The normalized spacial score (nSPS) is 12.2. The predicted octanol–water partition coefficient (Wildman–Crippen LogP) is 5.66. The van der Waals surface area contributed by atoms with E-state index in [1.165, 1.54) is 0 Å². The Hall–Kier alpha value is -2.60. The molecule has 0 bridgehead atoms. The average molecular weight is 429 g/mol. The van der Waals surface area contributed by atoms with Gasteiger partial charge in [-0.15, -0.1) is 0 Å². The lowest BCUT2D eigenvalue weighted by Gasteiger charge is -2.19. The molecule has 6 nitrogen and oxygen atoms in total. The molecule has 0 spiro atoms. The molecule has 0 fully saturated rings. The molecule has 0 aliphatic heterocycles. The summed E-state index contributed by atoms with van der Waals surface area (Å²) in [5.41, 5.74) is 2.09. The van der Waals surface area contributed by atoms with Gasteiger partial charge in [-0.25, -0.2) is 14.8 Å². The van der Waals surface area contributed by atoms with Gasteiger partial charge in [0.1, 0.15) is 16.9 Å². The van der Waals surface area contributed by atoms with Crippen LogP contribution >= 0.6 is 11.6 Å². The van der Waals surface area contributed by atoms with Gasteiger partial charge in [0.05, 0.1) is 11.0 Å². The number of nitrogens with zero attached hydrogens (tertiary/aromatic N) is 3. The van der Waals surface area contributed by atoms with Crippen LogP contribution < -0.4 is 5.32 Å². The van der Waals surface area contributed by atoms with Crippen LogP contribution in [0.3, 0.4) is 0 Å². The number of pyridine rings is 1. The average Bonchev–Trinajstić information content (AvgIpc) is 3.04. The third-order valence-corrected chi connectivity index (χ3v) is 4.86. The molecule has 1 aromatic carbocycles. The molecule has 0 radical (unpaired) electrons. The van der Waals surface area contributed by atoms with Gasteiger partial charge in [-0.2, -0.15) is 0 Å². The fourth-order valence-corrected chi connectivity index (χ4v) is 3.51. The molecule has 3 aromatic rings. The van der Waals surface area contributed by atoms with Crippen LogP contribution in [0.4, 0.5) is 4.79 Å². The second-order valence-corrected chi connectivity index (χ2v) is 8.57. The largest absolute Gasteiger partial charge is 0.444 e. The van der Waals surface area contributed by atoms with Crippen LogP contribution in [0.2, 0.25) is 5.15 Å². The molecular formula is C23H29ClN4O2. The molecule has 0 aliphatic carbocycles. The molecule has 1 N–H and O–H groups in total. The van der Waals surface area contributed by atoms with Gasteiger partial charge in [0.2, 0.25) is 0 Å². The number of aryl methyl sites for hydroxylation is 1. The molecule has 0 saturated carbocycles. The second-order valence-electron chi connectivity index (χ2n) is 8.21. The summed E-state index contributed by atoms with van der Waals surface area (Å²) in [5, 5.41) is 4.20. The number of rotatable bonds is 7. The monoisotopic (exact) mass is 428 g/mol. The molecule has 160 valence electrons. The van der Waals surface area contributed by atoms with E-state index in [1.54, 1.807) is 0 Å². The van der Waals surface area contributed by atoms with Crippen molar-refractivity contribution in [1.29, 1.82) is 0 Å². The molecule has 1 amide bonds. The SMILES string of the molecule is CCCCc1nc2c(Cl)nc3ccccc3c2n1C/C=C/CNC(=O)OC(C)(C)C. The summed E-state index contributed by atoms with van der Waals surface area (Å²) in [5.74, 6) is 0.997. The van der Waals surface area contributed by atoms with Crippen molar-refractivity contribution in [3.05, 3.63) is 47.4 Å². The van der Waals surface area contributed by atoms with E-state index < -0.39 is 11.7 Å². The Morgan fingerprint density at radius 1 is 1.23 bits per heavy atom. The van der Waals surface area contributed by atoms with E-state index in [-0.39, 0.29) is 0 Å². The molecule has 30 heavy (non-hydrogen) atoms. The zero-order valence-corrected chi connectivity index (χ0v) is 18.8. The molecule has 0 saturated heterocycles. The van der Waals surface area contributed by atoms with E-state index >= 15 is 0 Å². The van der Waals surface area contributed by atoms with Crippen molar-refractivity contribution >= 4 is 39.6 Å². The van der Waals surface area contributed by atoms with Gasteiger partial charge in [-0.1, -0.05) is 55.3 Å². The molecule has 0 unspecified atom stereocenters. The highest BCUT2D eigenvalue weighted by molar-refractivity contribution is 6.35. The third kappa shape index (κ3) is 5.30. The lowest BCUT2D eigenvalue weighted by atomic mass is 10.2. The minimum Gasteiger partial charge on any atom is -0.444 e. The Morgan fingerprint density at radius 2 is 2.00 bits per heavy atom. The van der Waals surface area contributed by atoms with Crippen LogP contribution in [0.15, 0.2) is 36.4 Å². The molecule has 7 heteroatoms. The number of unbranched alkanes of at least 4 members (excludes halogenated alkanes) is 1. The standard InChI is InChI=1S/C23H29ClN4O2/c1-5-6-13-18-27-19-20(16-11-7-8-12-17(16)26-21(19)24)28(18)15-10-9-14-25-22(29)30-23(2,3)4/h7-12H,5-6,13-15H2,1-4H3,(H,25,29)/b10-9+. The van der Waals surface area contributed by atoms with E-state index in [0.29, 0.717) is 18.2 Å². The number of allylic oxidation sites excluding steroid dienone is 1. The summed E-state index contributed by atoms with van der Waals surface area (Å²) < 4.78 is 7.45. The summed E-state index contributed by atoms with van der Waals surface area (Å²) in [6, 6.07) is 7.97. The Labute approximate surface area is 182 Å². The maximum atomic E-state index is 11.8. The van der Waals surface area contributed by atoms with Crippen molar-refractivity contribution in [2.45, 2.75) is 59.1 Å². The first-order valence-electron chi connectivity index (χ1n) is 10.4. The van der Waals surface area contributed by atoms with Crippen molar-refractivity contribution in [3.63, 3.8) is 0 Å². The van der Waals surface area contributed by atoms with E-state index in [9.17, 15) is 4.79 Å². The number of imidazole rings is 1. The summed E-state index contributed by atoms with van der Waals surface area (Å²) in [4.78, 5) is 21.1. The first kappa shape index (κ1) is 22.1. The van der Waals surface area contributed by atoms with Crippen molar-refractivity contribution in [1.82, 2.24) is 19.9 Å². The number of para-hydroxylation sites is 1. The lowest BCUT2D eigenvalue weighted by molar-refractivity contribution is 0.0534. The number of aromatic nitrogens is 3. The van der Waals surface area contributed by atoms with Gasteiger partial charge in [0.15, 0.2) is 5.15 Å². The first-order valence-corrected chi connectivity index (χ1v) is 10.7. The molecule has 0 atom stereocenters. The molecule has 3 rings (SSSR count). The topological polar surface area (TPSA) is 69.0 Å². The van der Waals surface area contributed by atoms with Crippen LogP contribution in [0.5, 0.6) is 0 Å². The zero-order chi connectivity index (χ0) is 21.7. The quantitative estimate of drug-likeness (QED) is 0.389. The third-order valence-electron chi connectivity index (χ3n) is 4.59. The molecule has 0 aliphatic rings.